The van der Waals surface area contributed by atoms with E-state index in [0.717, 1.165) is 25.7 Å². The van der Waals surface area contributed by atoms with Crippen molar-refractivity contribution in [3.05, 3.63) is 35.9 Å². The first-order valence-corrected chi connectivity index (χ1v) is 9.95. The third kappa shape index (κ3) is 3.20. The molecule has 2 atom stereocenters. The number of benzene rings is 1. The molecule has 0 unspecified atom stereocenters. The Morgan fingerprint density at radius 2 is 1.93 bits per heavy atom. The molecular formula is C21H28N2O4. The molecule has 4 rings (SSSR count). The first kappa shape index (κ1) is 18.3. The SMILES string of the molecule is O=C(NCC1(c2ccccc2)CCOCC1)N1C[C@@H]2CCC[C@@]2(C(=O)O)C1. The molecule has 6 nitrogen and oxygen atoms in total. The Morgan fingerprint density at radius 3 is 2.59 bits per heavy atom. The van der Waals surface area contributed by atoms with E-state index in [9.17, 15) is 14.7 Å². The molecule has 2 aliphatic heterocycles. The number of nitrogens with zero attached hydrogens (tertiary/aromatic N) is 1. The molecule has 1 saturated carbocycles. The molecule has 2 heterocycles. The van der Waals surface area contributed by atoms with Gasteiger partial charge in [0.05, 0.1) is 5.41 Å². The van der Waals surface area contributed by atoms with Crippen molar-refractivity contribution in [1.29, 1.82) is 0 Å². The summed E-state index contributed by atoms with van der Waals surface area (Å²) in [6, 6.07) is 10.2. The van der Waals surface area contributed by atoms with Gasteiger partial charge in [-0.1, -0.05) is 36.8 Å². The highest BCUT2D eigenvalue weighted by atomic mass is 16.5. The van der Waals surface area contributed by atoms with Gasteiger partial charge in [-0.05, 0) is 37.2 Å². The van der Waals surface area contributed by atoms with Gasteiger partial charge in [0.1, 0.15) is 0 Å². The molecule has 0 aromatic heterocycles. The average molecular weight is 372 g/mol. The third-order valence-corrected chi connectivity index (χ3v) is 7.00. The maximum atomic E-state index is 12.8. The predicted molar refractivity (Wildman–Crippen MR) is 101 cm³/mol. The summed E-state index contributed by atoms with van der Waals surface area (Å²) in [6.07, 6.45) is 4.28. The quantitative estimate of drug-likeness (QED) is 0.852. The molecule has 2 amide bonds. The number of amides is 2. The number of carbonyl (C=O) groups is 2. The minimum atomic E-state index is -0.745. The van der Waals surface area contributed by atoms with Crippen molar-refractivity contribution in [2.45, 2.75) is 37.5 Å². The molecule has 1 aromatic carbocycles. The Labute approximate surface area is 159 Å². The van der Waals surface area contributed by atoms with Crippen LogP contribution in [0.2, 0.25) is 0 Å². The number of urea groups is 1. The zero-order valence-electron chi connectivity index (χ0n) is 15.7. The number of nitrogens with one attached hydrogen (secondary N) is 1. The lowest BCUT2D eigenvalue weighted by Gasteiger charge is -2.38. The van der Waals surface area contributed by atoms with Crippen LogP contribution in [0.4, 0.5) is 4.79 Å². The van der Waals surface area contributed by atoms with Crippen molar-refractivity contribution in [1.82, 2.24) is 10.2 Å². The standard InChI is InChI=1S/C21H28N2O4/c24-18(25)21-8-4-7-17(21)13-23(15-21)19(26)22-14-20(9-11-27-12-10-20)16-5-2-1-3-6-16/h1-3,5-6,17H,4,7-15H2,(H,22,26)(H,24,25)/t17-,21+/m0/s1. The number of rotatable bonds is 4. The smallest absolute Gasteiger partial charge is 0.317 e. The summed E-state index contributed by atoms with van der Waals surface area (Å²) in [6.45, 7) is 2.83. The van der Waals surface area contributed by atoms with Gasteiger partial charge in [0.2, 0.25) is 0 Å². The summed E-state index contributed by atoms with van der Waals surface area (Å²) in [5.41, 5.74) is 0.386. The number of hydrogen-bond acceptors (Lipinski definition) is 3. The number of carboxylic acid groups (broad SMARTS) is 1. The molecule has 6 heteroatoms. The van der Waals surface area contributed by atoms with Crippen LogP contribution < -0.4 is 5.32 Å². The van der Waals surface area contributed by atoms with Crippen LogP contribution in [0.5, 0.6) is 0 Å². The second-order valence-electron chi connectivity index (χ2n) is 8.35. The monoisotopic (exact) mass is 372 g/mol. The van der Waals surface area contributed by atoms with Crippen molar-refractivity contribution < 1.29 is 19.4 Å². The van der Waals surface area contributed by atoms with E-state index in [0.29, 0.717) is 39.3 Å². The van der Waals surface area contributed by atoms with Gasteiger partial charge >= 0.3 is 12.0 Å². The van der Waals surface area contributed by atoms with Gasteiger partial charge in [-0.15, -0.1) is 0 Å². The zero-order valence-corrected chi connectivity index (χ0v) is 15.7. The topological polar surface area (TPSA) is 78.9 Å². The van der Waals surface area contributed by atoms with E-state index in [1.165, 1.54) is 5.56 Å². The van der Waals surface area contributed by atoms with Gasteiger partial charge in [-0.2, -0.15) is 0 Å². The first-order valence-electron chi connectivity index (χ1n) is 9.95. The highest BCUT2D eigenvalue weighted by Crippen LogP contribution is 2.48. The Morgan fingerprint density at radius 1 is 1.19 bits per heavy atom. The molecule has 2 saturated heterocycles. The van der Waals surface area contributed by atoms with E-state index in [1.807, 2.05) is 18.2 Å². The molecule has 3 aliphatic rings. The van der Waals surface area contributed by atoms with Crippen molar-refractivity contribution in [2.24, 2.45) is 11.3 Å². The Kier molecular flexibility index (Phi) is 4.84. The second-order valence-corrected chi connectivity index (χ2v) is 8.35. The zero-order chi connectivity index (χ0) is 18.9. The van der Waals surface area contributed by atoms with E-state index in [2.05, 4.69) is 17.4 Å². The lowest BCUT2D eigenvalue weighted by Crippen LogP contribution is -2.48. The summed E-state index contributed by atoms with van der Waals surface area (Å²) in [5, 5.41) is 12.8. The molecule has 0 bridgehead atoms. The van der Waals surface area contributed by atoms with Gasteiger partial charge in [0.25, 0.3) is 0 Å². The van der Waals surface area contributed by atoms with Gasteiger partial charge in [-0.3, -0.25) is 4.79 Å². The van der Waals surface area contributed by atoms with Crippen molar-refractivity contribution in [3.8, 4) is 0 Å². The highest BCUT2D eigenvalue weighted by molar-refractivity contribution is 5.80. The molecule has 27 heavy (non-hydrogen) atoms. The molecule has 1 aliphatic carbocycles. The minimum absolute atomic E-state index is 0.0897. The molecule has 0 spiro atoms. The summed E-state index contributed by atoms with van der Waals surface area (Å²) in [4.78, 5) is 26.4. The van der Waals surface area contributed by atoms with Crippen molar-refractivity contribution in [2.75, 3.05) is 32.8 Å². The van der Waals surface area contributed by atoms with Crippen LogP contribution in [0.3, 0.4) is 0 Å². The van der Waals surface area contributed by atoms with Crippen LogP contribution in [0.25, 0.3) is 0 Å². The van der Waals surface area contributed by atoms with Crippen LogP contribution in [-0.4, -0.2) is 54.9 Å². The van der Waals surface area contributed by atoms with E-state index in [1.54, 1.807) is 4.90 Å². The number of fused-ring (bicyclic) bond motifs is 1. The number of likely N-dealkylation sites (tertiary alicyclic amines) is 1. The van der Waals surface area contributed by atoms with Crippen LogP contribution in [0.1, 0.15) is 37.7 Å². The van der Waals surface area contributed by atoms with Crippen LogP contribution in [0, 0.1) is 11.3 Å². The van der Waals surface area contributed by atoms with Crippen LogP contribution in [-0.2, 0) is 14.9 Å². The molecular weight excluding hydrogens is 344 g/mol. The maximum Gasteiger partial charge on any atom is 0.317 e. The number of carbonyl (C=O) groups excluding carboxylic acids is 1. The number of carboxylic acids is 1. The summed E-state index contributed by atoms with van der Waals surface area (Å²) < 4.78 is 5.55. The Bertz CT molecular complexity index is 701. The Hall–Kier alpha value is -2.08. The van der Waals surface area contributed by atoms with Gasteiger partial charge in [0.15, 0.2) is 0 Å². The van der Waals surface area contributed by atoms with Crippen molar-refractivity contribution in [3.63, 3.8) is 0 Å². The number of hydrogen-bond donors (Lipinski definition) is 2. The lowest BCUT2D eigenvalue weighted by atomic mass is 9.74. The average Bonchev–Trinajstić information content (AvgIpc) is 3.26. The molecule has 2 N–H and O–H groups in total. The largest absolute Gasteiger partial charge is 0.481 e. The highest BCUT2D eigenvalue weighted by Gasteiger charge is 2.55. The van der Waals surface area contributed by atoms with Gasteiger partial charge in [0, 0.05) is 38.3 Å². The fraction of sp³-hybridized carbons (Fsp3) is 0.619. The van der Waals surface area contributed by atoms with Gasteiger partial charge < -0.3 is 20.1 Å². The molecule has 1 aromatic rings. The fourth-order valence-corrected chi connectivity index (χ4v) is 5.27. The van der Waals surface area contributed by atoms with Crippen LogP contribution >= 0.6 is 0 Å². The molecule has 146 valence electrons. The van der Waals surface area contributed by atoms with Crippen LogP contribution in [0.15, 0.2) is 30.3 Å². The van der Waals surface area contributed by atoms with Crippen molar-refractivity contribution >= 4 is 12.0 Å². The third-order valence-electron chi connectivity index (χ3n) is 7.00. The number of aliphatic carboxylic acids is 1. The molecule has 3 fully saturated rings. The Balaban J connectivity index is 1.44. The number of ether oxygens (including phenoxy) is 1. The van der Waals surface area contributed by atoms with E-state index >= 15 is 0 Å². The predicted octanol–water partition coefficient (Wildman–Crippen LogP) is 2.63. The fourth-order valence-electron chi connectivity index (χ4n) is 5.27. The normalized spacial score (nSPS) is 29.3. The van der Waals surface area contributed by atoms with E-state index in [-0.39, 0.29) is 17.4 Å². The second kappa shape index (κ2) is 7.15. The lowest BCUT2D eigenvalue weighted by molar-refractivity contribution is -0.149. The van der Waals surface area contributed by atoms with Gasteiger partial charge in [-0.25, -0.2) is 4.79 Å². The summed E-state index contributed by atoms with van der Waals surface area (Å²) in [5.74, 6) is -0.655. The van der Waals surface area contributed by atoms with E-state index < -0.39 is 11.4 Å². The maximum absolute atomic E-state index is 12.8. The van der Waals surface area contributed by atoms with E-state index in [4.69, 9.17) is 4.74 Å². The summed E-state index contributed by atoms with van der Waals surface area (Å²) in [7, 11) is 0. The summed E-state index contributed by atoms with van der Waals surface area (Å²) >= 11 is 0. The minimum Gasteiger partial charge on any atom is -0.481 e. The molecule has 0 radical (unpaired) electrons. The first-order chi connectivity index (χ1) is 13.1.